The van der Waals surface area contributed by atoms with Gasteiger partial charge in [0.2, 0.25) is 0 Å². The highest BCUT2D eigenvalue weighted by Crippen LogP contribution is 2.08. The fourth-order valence-electron chi connectivity index (χ4n) is 1.77. The van der Waals surface area contributed by atoms with Crippen LogP contribution in [0.2, 0.25) is 0 Å². The van der Waals surface area contributed by atoms with Gasteiger partial charge in [-0.15, -0.1) is 0 Å². The highest BCUT2D eigenvalue weighted by molar-refractivity contribution is 5.90. The third-order valence-corrected chi connectivity index (χ3v) is 2.72. The molecule has 1 heterocycles. The van der Waals surface area contributed by atoms with Gasteiger partial charge in [0.15, 0.2) is 0 Å². The van der Waals surface area contributed by atoms with Crippen LogP contribution in [0.25, 0.3) is 5.69 Å². The summed E-state index contributed by atoms with van der Waals surface area (Å²) in [6, 6.07) is 10.9. The van der Waals surface area contributed by atoms with Gasteiger partial charge in [-0.1, -0.05) is 18.2 Å². The van der Waals surface area contributed by atoms with Crippen LogP contribution in [0.3, 0.4) is 0 Å². The molecule has 0 saturated heterocycles. The van der Waals surface area contributed by atoms with Gasteiger partial charge in [0, 0.05) is 11.9 Å². The molecule has 92 valence electrons. The molecule has 2 aromatic rings. The molecule has 1 aromatic carbocycles. The Bertz CT molecular complexity index is 629. The predicted molar refractivity (Wildman–Crippen MR) is 68.1 cm³/mol. The number of para-hydroxylation sites is 1. The molecule has 0 amide bonds. The number of nitrogens with zero attached hydrogens (tertiary/aromatic N) is 1. The van der Waals surface area contributed by atoms with Gasteiger partial charge in [-0.3, -0.25) is 9.36 Å². The summed E-state index contributed by atoms with van der Waals surface area (Å²) in [5, 5.41) is 0. The largest absolute Gasteiger partial charge is 0.465 e. The molecule has 0 aliphatic carbocycles. The molecule has 0 N–H and O–H groups in total. The summed E-state index contributed by atoms with van der Waals surface area (Å²) >= 11 is 0. The summed E-state index contributed by atoms with van der Waals surface area (Å²) in [6.45, 7) is 1.71. The van der Waals surface area contributed by atoms with E-state index in [0.717, 1.165) is 0 Å². The van der Waals surface area contributed by atoms with Crippen LogP contribution in [0.1, 0.15) is 15.9 Å². The van der Waals surface area contributed by atoms with Crippen LogP contribution in [0.5, 0.6) is 0 Å². The average Bonchev–Trinajstić information content (AvgIpc) is 2.39. The Labute approximate surface area is 104 Å². The van der Waals surface area contributed by atoms with Crippen molar-refractivity contribution in [3.63, 3.8) is 0 Å². The molecule has 0 aliphatic heterocycles. The van der Waals surface area contributed by atoms with Crippen molar-refractivity contribution in [2.24, 2.45) is 0 Å². The summed E-state index contributed by atoms with van der Waals surface area (Å²) in [5.41, 5.74) is 1.03. The van der Waals surface area contributed by atoms with Crippen LogP contribution in [0.4, 0.5) is 0 Å². The molecule has 1 aromatic heterocycles. The standard InChI is InChI=1S/C14H13NO3/c1-10-8-9-15(11-6-4-3-5-7-11)13(16)12(10)14(17)18-2/h3-9H,1-2H3. The molecule has 0 atom stereocenters. The lowest BCUT2D eigenvalue weighted by molar-refractivity contribution is 0.0597. The fourth-order valence-corrected chi connectivity index (χ4v) is 1.77. The summed E-state index contributed by atoms with van der Waals surface area (Å²) in [7, 11) is 1.26. The Morgan fingerprint density at radius 3 is 2.44 bits per heavy atom. The molecule has 0 unspecified atom stereocenters. The SMILES string of the molecule is COC(=O)c1c(C)ccn(-c2ccccc2)c1=O. The van der Waals surface area contributed by atoms with Crippen molar-refractivity contribution in [3.05, 3.63) is 64.1 Å². The second-order valence-corrected chi connectivity index (χ2v) is 3.88. The molecule has 0 aliphatic rings. The highest BCUT2D eigenvalue weighted by atomic mass is 16.5. The van der Waals surface area contributed by atoms with Gasteiger partial charge in [-0.25, -0.2) is 4.79 Å². The number of hydrogen-bond acceptors (Lipinski definition) is 3. The first-order chi connectivity index (χ1) is 8.65. The Balaban J connectivity index is 2.66. The quantitative estimate of drug-likeness (QED) is 0.757. The minimum absolute atomic E-state index is 0.0730. The highest BCUT2D eigenvalue weighted by Gasteiger charge is 2.16. The van der Waals surface area contributed by atoms with E-state index in [9.17, 15) is 9.59 Å². The number of methoxy groups -OCH3 is 1. The van der Waals surface area contributed by atoms with Crippen LogP contribution in [0.15, 0.2) is 47.4 Å². The monoisotopic (exact) mass is 243 g/mol. The summed E-state index contributed by atoms with van der Waals surface area (Å²) in [6.07, 6.45) is 1.65. The molecule has 0 bridgehead atoms. The van der Waals surface area contributed by atoms with E-state index in [-0.39, 0.29) is 11.1 Å². The molecule has 18 heavy (non-hydrogen) atoms. The number of aryl methyl sites for hydroxylation is 1. The maximum absolute atomic E-state index is 12.3. The number of rotatable bonds is 2. The average molecular weight is 243 g/mol. The van der Waals surface area contributed by atoms with E-state index in [1.807, 2.05) is 18.2 Å². The molecule has 0 radical (unpaired) electrons. The van der Waals surface area contributed by atoms with E-state index < -0.39 is 5.97 Å². The number of ether oxygens (including phenoxy) is 1. The first-order valence-electron chi connectivity index (χ1n) is 5.51. The lowest BCUT2D eigenvalue weighted by atomic mass is 10.1. The lowest BCUT2D eigenvalue weighted by Crippen LogP contribution is -2.26. The minimum Gasteiger partial charge on any atom is -0.465 e. The van der Waals surface area contributed by atoms with Gasteiger partial charge < -0.3 is 4.74 Å². The summed E-state index contributed by atoms with van der Waals surface area (Å²) < 4.78 is 6.07. The first-order valence-corrected chi connectivity index (χ1v) is 5.51. The third-order valence-electron chi connectivity index (χ3n) is 2.72. The van der Waals surface area contributed by atoms with Crippen molar-refractivity contribution >= 4 is 5.97 Å². The van der Waals surface area contributed by atoms with Crippen LogP contribution in [-0.2, 0) is 4.74 Å². The number of carbonyl (C=O) groups is 1. The summed E-state index contributed by atoms with van der Waals surface area (Å²) in [4.78, 5) is 23.9. The second kappa shape index (κ2) is 4.87. The van der Waals surface area contributed by atoms with Crippen LogP contribution >= 0.6 is 0 Å². The van der Waals surface area contributed by atoms with Gasteiger partial charge in [-0.05, 0) is 30.7 Å². The van der Waals surface area contributed by atoms with Crippen LogP contribution < -0.4 is 5.56 Å². The minimum atomic E-state index is -0.609. The van der Waals surface area contributed by atoms with Crippen LogP contribution in [-0.4, -0.2) is 17.6 Å². The first kappa shape index (κ1) is 12.1. The number of carbonyl (C=O) groups excluding carboxylic acids is 1. The molecule has 2 rings (SSSR count). The smallest absolute Gasteiger partial charge is 0.343 e. The van der Waals surface area contributed by atoms with Gasteiger partial charge in [0.05, 0.1) is 7.11 Å². The van der Waals surface area contributed by atoms with Crippen molar-refractivity contribution < 1.29 is 9.53 Å². The van der Waals surface area contributed by atoms with Gasteiger partial charge in [0.1, 0.15) is 5.56 Å². The third kappa shape index (κ3) is 2.05. The molecule has 4 nitrogen and oxygen atoms in total. The van der Waals surface area contributed by atoms with E-state index in [1.165, 1.54) is 11.7 Å². The van der Waals surface area contributed by atoms with E-state index in [4.69, 9.17) is 0 Å². The zero-order valence-electron chi connectivity index (χ0n) is 10.2. The molecule has 0 spiro atoms. The van der Waals surface area contributed by atoms with E-state index in [2.05, 4.69) is 4.74 Å². The Morgan fingerprint density at radius 2 is 1.83 bits per heavy atom. The van der Waals surface area contributed by atoms with Crippen molar-refractivity contribution in [2.75, 3.05) is 7.11 Å². The molecule has 0 saturated carbocycles. The molecule has 0 fully saturated rings. The van der Waals surface area contributed by atoms with Crippen molar-refractivity contribution in [3.8, 4) is 5.69 Å². The maximum atomic E-state index is 12.3. The number of benzene rings is 1. The Kier molecular flexibility index (Phi) is 3.28. The number of esters is 1. The van der Waals surface area contributed by atoms with Gasteiger partial charge >= 0.3 is 5.97 Å². The number of pyridine rings is 1. The summed E-state index contributed by atoms with van der Waals surface area (Å²) in [5.74, 6) is -0.609. The molecular weight excluding hydrogens is 230 g/mol. The zero-order valence-corrected chi connectivity index (χ0v) is 10.2. The van der Waals surface area contributed by atoms with Gasteiger partial charge in [0.25, 0.3) is 5.56 Å². The normalized spacial score (nSPS) is 10.1. The molecular formula is C14H13NO3. The van der Waals surface area contributed by atoms with Crippen molar-refractivity contribution in [1.82, 2.24) is 4.57 Å². The van der Waals surface area contributed by atoms with Crippen molar-refractivity contribution in [1.29, 1.82) is 0 Å². The topological polar surface area (TPSA) is 48.3 Å². The zero-order chi connectivity index (χ0) is 13.1. The lowest BCUT2D eigenvalue weighted by Gasteiger charge is -2.09. The van der Waals surface area contributed by atoms with Crippen LogP contribution in [0, 0.1) is 6.92 Å². The van der Waals surface area contributed by atoms with E-state index in [1.54, 1.807) is 31.3 Å². The second-order valence-electron chi connectivity index (χ2n) is 3.88. The van der Waals surface area contributed by atoms with Gasteiger partial charge in [-0.2, -0.15) is 0 Å². The van der Waals surface area contributed by atoms with Crippen molar-refractivity contribution in [2.45, 2.75) is 6.92 Å². The van der Waals surface area contributed by atoms with E-state index in [0.29, 0.717) is 11.3 Å². The van der Waals surface area contributed by atoms with E-state index >= 15 is 0 Å². The fraction of sp³-hybridized carbons (Fsp3) is 0.143. The maximum Gasteiger partial charge on any atom is 0.343 e. The Morgan fingerprint density at radius 1 is 1.17 bits per heavy atom. The predicted octanol–water partition coefficient (Wildman–Crippen LogP) is 1.93. The number of hydrogen-bond donors (Lipinski definition) is 0. The Hall–Kier alpha value is -2.36. The molecule has 4 heteroatoms. The number of aromatic nitrogens is 1.